The minimum Gasteiger partial charge on any atom is -0.392 e. The number of hydrogen-bond acceptors (Lipinski definition) is 5. The summed E-state index contributed by atoms with van der Waals surface area (Å²) >= 11 is 3.30. The Kier molecular flexibility index (Phi) is 3.65. The molecule has 0 bridgehead atoms. The van der Waals surface area contributed by atoms with Gasteiger partial charge in [-0.3, -0.25) is 0 Å². The Labute approximate surface area is 91.1 Å². The summed E-state index contributed by atoms with van der Waals surface area (Å²) in [6.45, 7) is 2.21. The zero-order chi connectivity index (χ0) is 10.7. The van der Waals surface area contributed by atoms with Crippen molar-refractivity contribution in [1.82, 2.24) is 9.97 Å². The van der Waals surface area contributed by atoms with Gasteiger partial charge in [0.2, 0.25) is 0 Å². The predicted molar refractivity (Wildman–Crippen MR) is 59.1 cm³/mol. The van der Waals surface area contributed by atoms with Gasteiger partial charge in [-0.15, -0.1) is 0 Å². The van der Waals surface area contributed by atoms with Gasteiger partial charge in [0.15, 0.2) is 0 Å². The second-order valence-corrected chi connectivity index (χ2v) is 3.92. The van der Waals surface area contributed by atoms with Crippen LogP contribution in [0.2, 0.25) is 0 Å². The average Bonchev–Trinajstić information content (AvgIpc) is 2.08. The lowest BCUT2D eigenvalue weighted by Crippen LogP contribution is -2.28. The van der Waals surface area contributed by atoms with Crippen molar-refractivity contribution >= 4 is 27.6 Å². The summed E-state index contributed by atoms with van der Waals surface area (Å²) in [5.41, 5.74) is 5.60. The average molecular weight is 261 g/mol. The molecular formula is C8H13BrN4O. The maximum Gasteiger partial charge on any atom is 0.148 e. The number of rotatable bonds is 3. The topological polar surface area (TPSA) is 75.3 Å². The van der Waals surface area contributed by atoms with Gasteiger partial charge in [0.05, 0.1) is 6.10 Å². The highest BCUT2D eigenvalue weighted by Crippen LogP contribution is 2.26. The molecule has 0 amide bonds. The van der Waals surface area contributed by atoms with E-state index in [2.05, 4.69) is 25.9 Å². The van der Waals surface area contributed by atoms with E-state index in [9.17, 15) is 5.11 Å². The highest BCUT2D eigenvalue weighted by molar-refractivity contribution is 9.10. The molecule has 0 saturated carbocycles. The number of likely N-dealkylation sites (N-methyl/N-ethyl adjacent to an activating group) is 1. The normalized spacial score (nSPS) is 12.6. The summed E-state index contributed by atoms with van der Waals surface area (Å²) in [7, 11) is 1.83. The number of aliphatic hydroxyl groups is 1. The molecule has 14 heavy (non-hydrogen) atoms. The van der Waals surface area contributed by atoms with E-state index in [0.717, 1.165) is 0 Å². The Hall–Kier alpha value is -0.880. The minimum atomic E-state index is -0.414. The molecule has 1 aromatic heterocycles. The molecule has 1 rings (SSSR count). The van der Waals surface area contributed by atoms with Crippen LogP contribution in [0.15, 0.2) is 10.8 Å². The molecule has 78 valence electrons. The lowest BCUT2D eigenvalue weighted by Gasteiger charge is -2.20. The van der Waals surface area contributed by atoms with Crippen molar-refractivity contribution in [3.63, 3.8) is 0 Å². The molecule has 1 atom stereocenters. The maximum absolute atomic E-state index is 9.21. The zero-order valence-corrected chi connectivity index (χ0v) is 9.69. The van der Waals surface area contributed by atoms with Gasteiger partial charge in [-0.25, -0.2) is 9.97 Å². The lowest BCUT2D eigenvalue weighted by atomic mass is 10.3. The van der Waals surface area contributed by atoms with Gasteiger partial charge in [-0.2, -0.15) is 0 Å². The fourth-order valence-corrected chi connectivity index (χ4v) is 1.63. The van der Waals surface area contributed by atoms with E-state index in [-0.39, 0.29) is 0 Å². The number of nitrogens with two attached hydrogens (primary N) is 1. The van der Waals surface area contributed by atoms with Crippen LogP contribution < -0.4 is 10.6 Å². The van der Waals surface area contributed by atoms with E-state index >= 15 is 0 Å². The monoisotopic (exact) mass is 260 g/mol. The highest BCUT2D eigenvalue weighted by Gasteiger charge is 2.11. The molecule has 0 aliphatic rings. The number of aromatic nitrogens is 2. The molecule has 3 N–H and O–H groups in total. The minimum absolute atomic E-state index is 0.396. The fourth-order valence-electron chi connectivity index (χ4n) is 1.12. The highest BCUT2D eigenvalue weighted by atomic mass is 79.9. The van der Waals surface area contributed by atoms with Crippen LogP contribution in [0.25, 0.3) is 0 Å². The maximum atomic E-state index is 9.21. The van der Waals surface area contributed by atoms with Crippen LogP contribution in [0.1, 0.15) is 6.92 Å². The van der Waals surface area contributed by atoms with E-state index in [1.54, 1.807) is 6.92 Å². The van der Waals surface area contributed by atoms with E-state index in [1.807, 2.05) is 11.9 Å². The third-order valence-electron chi connectivity index (χ3n) is 1.70. The first kappa shape index (κ1) is 11.2. The molecule has 6 heteroatoms. The quantitative estimate of drug-likeness (QED) is 0.835. The van der Waals surface area contributed by atoms with Crippen LogP contribution in [0.5, 0.6) is 0 Å². The molecule has 1 aromatic rings. The third-order valence-corrected chi connectivity index (χ3v) is 2.46. The Morgan fingerprint density at radius 1 is 1.64 bits per heavy atom. The molecule has 5 nitrogen and oxygen atoms in total. The second kappa shape index (κ2) is 4.56. The van der Waals surface area contributed by atoms with Crippen molar-refractivity contribution in [2.45, 2.75) is 13.0 Å². The smallest absolute Gasteiger partial charge is 0.148 e. The van der Waals surface area contributed by atoms with Gasteiger partial charge in [0.25, 0.3) is 0 Å². The molecule has 0 aromatic carbocycles. The molecule has 0 spiro atoms. The van der Waals surface area contributed by atoms with Gasteiger partial charge in [-0.05, 0) is 22.9 Å². The zero-order valence-electron chi connectivity index (χ0n) is 8.11. The van der Waals surface area contributed by atoms with E-state index in [0.29, 0.717) is 22.7 Å². The molecule has 0 saturated heterocycles. The summed E-state index contributed by atoms with van der Waals surface area (Å²) in [6, 6.07) is 0. The summed E-state index contributed by atoms with van der Waals surface area (Å²) in [4.78, 5) is 9.71. The summed E-state index contributed by atoms with van der Waals surface area (Å²) in [6.07, 6.45) is 0.983. The number of halogens is 1. The Balaban J connectivity index is 2.89. The lowest BCUT2D eigenvalue weighted by molar-refractivity contribution is 0.201. The number of nitrogen functional groups attached to an aromatic ring is 1. The summed E-state index contributed by atoms with van der Waals surface area (Å²) in [5.74, 6) is 1.07. The van der Waals surface area contributed by atoms with Crippen molar-refractivity contribution in [3.05, 3.63) is 10.8 Å². The second-order valence-electron chi connectivity index (χ2n) is 3.13. The van der Waals surface area contributed by atoms with Crippen LogP contribution in [0, 0.1) is 0 Å². The first-order valence-electron chi connectivity index (χ1n) is 4.17. The van der Waals surface area contributed by atoms with Gasteiger partial charge in [0, 0.05) is 13.6 Å². The third kappa shape index (κ3) is 2.55. The molecule has 0 radical (unpaired) electrons. The van der Waals surface area contributed by atoms with Gasteiger partial charge < -0.3 is 15.7 Å². The van der Waals surface area contributed by atoms with Crippen LogP contribution in [0.3, 0.4) is 0 Å². The Morgan fingerprint density at radius 2 is 2.29 bits per heavy atom. The number of aliphatic hydroxyl groups excluding tert-OH is 1. The molecule has 1 heterocycles. The standard InChI is InChI=1S/C8H13BrN4O/c1-5(14)3-13(2)8-6(9)7(10)11-4-12-8/h4-5,14H,3H2,1-2H3,(H2,10,11,12). The van der Waals surface area contributed by atoms with E-state index in [4.69, 9.17) is 5.73 Å². The van der Waals surface area contributed by atoms with Crippen molar-refractivity contribution in [1.29, 1.82) is 0 Å². The molecule has 0 fully saturated rings. The first-order valence-corrected chi connectivity index (χ1v) is 4.97. The van der Waals surface area contributed by atoms with Crippen molar-refractivity contribution in [2.24, 2.45) is 0 Å². The van der Waals surface area contributed by atoms with Gasteiger partial charge in [-0.1, -0.05) is 0 Å². The molecule has 0 aliphatic heterocycles. The van der Waals surface area contributed by atoms with Crippen molar-refractivity contribution in [3.8, 4) is 0 Å². The number of anilines is 2. The van der Waals surface area contributed by atoms with E-state index in [1.165, 1.54) is 6.33 Å². The number of nitrogens with zero attached hydrogens (tertiary/aromatic N) is 3. The van der Waals surface area contributed by atoms with Gasteiger partial charge in [0.1, 0.15) is 22.4 Å². The van der Waals surface area contributed by atoms with Crippen molar-refractivity contribution < 1.29 is 5.11 Å². The fraction of sp³-hybridized carbons (Fsp3) is 0.500. The van der Waals surface area contributed by atoms with Crippen LogP contribution in [-0.2, 0) is 0 Å². The molecule has 1 unspecified atom stereocenters. The summed E-state index contributed by atoms with van der Waals surface area (Å²) in [5, 5.41) is 9.21. The van der Waals surface area contributed by atoms with Crippen molar-refractivity contribution in [2.75, 3.05) is 24.2 Å². The molecule has 0 aliphatic carbocycles. The summed E-state index contributed by atoms with van der Waals surface area (Å²) < 4.78 is 0.656. The Bertz CT molecular complexity index is 318. The molecular weight excluding hydrogens is 248 g/mol. The Morgan fingerprint density at radius 3 is 2.86 bits per heavy atom. The van der Waals surface area contributed by atoms with Gasteiger partial charge >= 0.3 is 0 Å². The number of hydrogen-bond donors (Lipinski definition) is 2. The van der Waals surface area contributed by atoms with Crippen LogP contribution >= 0.6 is 15.9 Å². The first-order chi connectivity index (χ1) is 6.52. The van der Waals surface area contributed by atoms with E-state index < -0.39 is 6.10 Å². The predicted octanol–water partition coefficient (Wildman–Crippen LogP) is 0.638. The SMILES string of the molecule is CC(O)CN(C)c1ncnc(N)c1Br. The van der Waals surface area contributed by atoms with Crippen LogP contribution in [-0.4, -0.2) is 34.8 Å². The van der Waals surface area contributed by atoms with Crippen LogP contribution in [0.4, 0.5) is 11.6 Å². The largest absolute Gasteiger partial charge is 0.392 e.